The predicted molar refractivity (Wildman–Crippen MR) is 27.8 cm³/mol. The molecule has 0 aromatic carbocycles. The van der Waals surface area contributed by atoms with Gasteiger partial charge >= 0.3 is 39.9 Å². The second kappa shape index (κ2) is 3.82. The zero-order valence-corrected chi connectivity index (χ0v) is 3.99. The molecule has 0 bridgehead atoms. The van der Waals surface area contributed by atoms with Crippen molar-refractivity contribution in [3.8, 4) is 0 Å². The van der Waals surface area contributed by atoms with Gasteiger partial charge in [0.05, 0.1) is 0 Å². The summed E-state index contributed by atoms with van der Waals surface area (Å²) >= 11 is 0. The third-order valence-electron chi connectivity index (χ3n) is 0.258. The first-order valence-electron chi connectivity index (χ1n) is 1.22. The first-order chi connectivity index (χ1) is 2.56. The van der Waals surface area contributed by atoms with E-state index in [-0.39, 0.29) is 29.6 Å². The van der Waals surface area contributed by atoms with Crippen molar-refractivity contribution in [1.82, 2.24) is 4.72 Å². The Bertz CT molecular complexity index is 117. The molecule has 0 aliphatic heterocycles. The Morgan fingerprint density at radius 2 is 1.71 bits per heavy atom. The van der Waals surface area contributed by atoms with Crippen LogP contribution in [0, 0.1) is 0 Å². The van der Waals surface area contributed by atoms with Gasteiger partial charge in [-0.3, -0.25) is 4.55 Å². The summed E-state index contributed by atoms with van der Waals surface area (Å²) < 4.78 is 28.2. The van der Waals surface area contributed by atoms with E-state index in [2.05, 4.69) is 0 Å². The Balaban J connectivity index is 0. The van der Waals surface area contributed by atoms with Crippen LogP contribution in [0.1, 0.15) is 0 Å². The Morgan fingerprint density at radius 1 is 1.57 bits per heavy atom. The van der Waals surface area contributed by atoms with Gasteiger partial charge in [0.25, 0.3) is 0 Å². The van der Waals surface area contributed by atoms with E-state index in [1.807, 2.05) is 0 Å². The van der Waals surface area contributed by atoms with E-state index in [1.54, 1.807) is 4.72 Å². The summed E-state index contributed by atoms with van der Waals surface area (Å²) in [6, 6.07) is 0. The number of rotatable bonds is 1. The summed E-state index contributed by atoms with van der Waals surface area (Å²) in [5.41, 5.74) is 0. The minimum absolute atomic E-state index is 0. The van der Waals surface area contributed by atoms with Crippen LogP contribution in [0.15, 0.2) is 0 Å². The molecule has 0 rings (SSSR count). The molecule has 0 saturated heterocycles. The number of hydrogen-bond donors (Lipinski definition) is 2. The van der Waals surface area contributed by atoms with Gasteiger partial charge in [0, 0.05) is 7.05 Å². The van der Waals surface area contributed by atoms with Crippen molar-refractivity contribution in [1.29, 1.82) is 0 Å². The summed E-state index contributed by atoms with van der Waals surface area (Å²) in [7, 11) is -2.79. The molecule has 0 aliphatic rings. The van der Waals surface area contributed by atoms with Crippen LogP contribution in [0.25, 0.3) is 0 Å². The Hall–Kier alpha value is 0.870. The molecule has 0 aromatic rings. The molecule has 0 atom stereocenters. The molecule has 0 radical (unpaired) electrons. The van der Waals surface area contributed by atoms with E-state index < -0.39 is 10.3 Å². The monoisotopic (exact) mass is 135 g/mol. The van der Waals surface area contributed by atoms with E-state index in [1.165, 1.54) is 0 Å². The molecular weight excluding hydrogens is 129 g/mol. The second-order valence-electron chi connectivity index (χ2n) is 0.679. The third kappa shape index (κ3) is 10.9. The van der Waals surface area contributed by atoms with Gasteiger partial charge in [-0.25, -0.2) is 0 Å². The van der Waals surface area contributed by atoms with Crippen molar-refractivity contribution in [3.63, 3.8) is 0 Å². The van der Waals surface area contributed by atoms with Gasteiger partial charge in [-0.15, -0.1) is 0 Å². The zero-order chi connectivity index (χ0) is 5.21. The normalized spacial score (nSPS) is 10.0. The molecule has 0 heterocycles. The van der Waals surface area contributed by atoms with E-state index in [0.29, 0.717) is 0 Å². The van der Waals surface area contributed by atoms with E-state index in [9.17, 15) is 8.42 Å². The SMILES string of the molecule is CNS(=O)(=O)O.[NaH]. The summed E-state index contributed by atoms with van der Waals surface area (Å²) in [4.78, 5) is 0. The molecule has 0 saturated carbocycles. The van der Waals surface area contributed by atoms with Gasteiger partial charge in [0.1, 0.15) is 0 Å². The summed E-state index contributed by atoms with van der Waals surface area (Å²) in [5, 5.41) is 0. The van der Waals surface area contributed by atoms with Crippen LogP contribution in [0.5, 0.6) is 0 Å². The molecule has 0 aliphatic carbocycles. The predicted octanol–water partition coefficient (Wildman–Crippen LogP) is -1.64. The first-order valence-corrected chi connectivity index (χ1v) is 2.66. The van der Waals surface area contributed by atoms with Crippen molar-refractivity contribution in [3.05, 3.63) is 0 Å². The molecule has 0 fully saturated rings. The van der Waals surface area contributed by atoms with Crippen LogP contribution in [0.3, 0.4) is 0 Å². The number of nitrogens with one attached hydrogen (secondary N) is 1. The van der Waals surface area contributed by atoms with Crippen LogP contribution >= 0.6 is 0 Å². The molecular formula is CH6NNaO3S. The number of hydrogen-bond acceptors (Lipinski definition) is 2. The molecule has 0 amide bonds. The quantitative estimate of drug-likeness (QED) is 0.335. The van der Waals surface area contributed by atoms with Crippen molar-refractivity contribution in [2.24, 2.45) is 0 Å². The maximum absolute atomic E-state index is 9.44. The van der Waals surface area contributed by atoms with Crippen molar-refractivity contribution >= 4 is 39.9 Å². The molecule has 7 heavy (non-hydrogen) atoms. The van der Waals surface area contributed by atoms with Crippen LogP contribution in [-0.4, -0.2) is 49.6 Å². The van der Waals surface area contributed by atoms with Crippen LogP contribution in [0.2, 0.25) is 0 Å². The Morgan fingerprint density at radius 3 is 1.71 bits per heavy atom. The van der Waals surface area contributed by atoms with Crippen molar-refractivity contribution in [2.45, 2.75) is 0 Å². The fourth-order valence-electron chi connectivity index (χ4n) is 0. The van der Waals surface area contributed by atoms with Gasteiger partial charge in [-0.1, -0.05) is 0 Å². The van der Waals surface area contributed by atoms with Crippen molar-refractivity contribution < 1.29 is 13.0 Å². The van der Waals surface area contributed by atoms with E-state index >= 15 is 0 Å². The van der Waals surface area contributed by atoms with Gasteiger partial charge in [0.2, 0.25) is 0 Å². The Labute approximate surface area is 64.5 Å². The van der Waals surface area contributed by atoms with Gasteiger partial charge in [0.15, 0.2) is 0 Å². The topological polar surface area (TPSA) is 66.4 Å². The standard InChI is InChI=1S/CH5NO3S.Na.H/c1-2-6(3,4)5;;/h2H,1H3,(H,3,4,5);;. The molecule has 0 unspecified atom stereocenters. The maximum atomic E-state index is 9.44. The molecule has 0 aromatic heterocycles. The van der Waals surface area contributed by atoms with Crippen LogP contribution < -0.4 is 4.72 Å². The van der Waals surface area contributed by atoms with Crippen LogP contribution in [-0.2, 0) is 10.3 Å². The van der Waals surface area contributed by atoms with Gasteiger partial charge < -0.3 is 0 Å². The van der Waals surface area contributed by atoms with Gasteiger partial charge in [-0.05, 0) is 0 Å². The summed E-state index contributed by atoms with van der Waals surface area (Å²) in [5.74, 6) is 0. The average Bonchev–Trinajstić information content (AvgIpc) is 1.35. The molecule has 40 valence electrons. The summed E-state index contributed by atoms with van der Waals surface area (Å²) in [6.07, 6.45) is 0. The second-order valence-corrected chi connectivity index (χ2v) is 2.04. The average molecular weight is 135 g/mol. The molecule has 0 spiro atoms. The minimum atomic E-state index is -3.91. The van der Waals surface area contributed by atoms with Gasteiger partial charge in [-0.2, -0.15) is 13.1 Å². The van der Waals surface area contributed by atoms with E-state index in [4.69, 9.17) is 4.55 Å². The fraction of sp³-hybridized carbons (Fsp3) is 1.00. The fourth-order valence-corrected chi connectivity index (χ4v) is 0. The molecule has 4 nitrogen and oxygen atoms in total. The Kier molecular flexibility index (Phi) is 5.89. The third-order valence-corrected chi connectivity index (χ3v) is 0.774. The van der Waals surface area contributed by atoms with Crippen molar-refractivity contribution in [2.75, 3.05) is 7.05 Å². The van der Waals surface area contributed by atoms with Crippen LogP contribution in [0.4, 0.5) is 0 Å². The molecule has 6 heteroatoms. The van der Waals surface area contributed by atoms with E-state index in [0.717, 1.165) is 7.05 Å². The first kappa shape index (κ1) is 10.8. The summed E-state index contributed by atoms with van der Waals surface area (Å²) in [6.45, 7) is 0. The zero-order valence-electron chi connectivity index (χ0n) is 3.17. The molecule has 2 N–H and O–H groups in total.